The maximum atomic E-state index is 11.8. The standard InChI is InChI=1S/C9H19N3O/c1-7-6-11-4-5-12(7)8(13)9(2,3)10/h7,11H,4-6,10H2,1-3H3/t7-/m1/s1. The molecule has 1 heterocycles. The fraction of sp³-hybridized carbons (Fsp3) is 0.889. The van der Waals surface area contributed by atoms with E-state index >= 15 is 0 Å². The van der Waals surface area contributed by atoms with E-state index in [1.807, 2.05) is 11.8 Å². The van der Waals surface area contributed by atoms with Crippen LogP contribution in [0.3, 0.4) is 0 Å². The van der Waals surface area contributed by atoms with Crippen LogP contribution in [0, 0.1) is 0 Å². The number of amides is 1. The smallest absolute Gasteiger partial charge is 0.242 e. The Morgan fingerprint density at radius 3 is 2.69 bits per heavy atom. The second-order valence-corrected chi connectivity index (χ2v) is 4.27. The molecule has 4 heteroatoms. The Morgan fingerprint density at radius 1 is 1.62 bits per heavy atom. The first-order valence-corrected chi connectivity index (χ1v) is 4.73. The number of carbonyl (C=O) groups is 1. The van der Waals surface area contributed by atoms with Crippen molar-refractivity contribution in [2.24, 2.45) is 5.73 Å². The van der Waals surface area contributed by atoms with Gasteiger partial charge in [0.05, 0.1) is 5.54 Å². The van der Waals surface area contributed by atoms with Crippen LogP contribution in [0.4, 0.5) is 0 Å². The number of hydrogen-bond acceptors (Lipinski definition) is 3. The fourth-order valence-corrected chi connectivity index (χ4v) is 1.51. The summed E-state index contributed by atoms with van der Waals surface area (Å²) in [6.07, 6.45) is 0. The summed E-state index contributed by atoms with van der Waals surface area (Å²) < 4.78 is 0. The van der Waals surface area contributed by atoms with E-state index in [4.69, 9.17) is 5.73 Å². The van der Waals surface area contributed by atoms with Crippen molar-refractivity contribution < 1.29 is 4.79 Å². The topological polar surface area (TPSA) is 58.4 Å². The summed E-state index contributed by atoms with van der Waals surface area (Å²) in [6, 6.07) is 0.254. The van der Waals surface area contributed by atoms with E-state index in [9.17, 15) is 4.79 Å². The van der Waals surface area contributed by atoms with Gasteiger partial charge in [0.25, 0.3) is 0 Å². The van der Waals surface area contributed by atoms with Gasteiger partial charge in [-0.15, -0.1) is 0 Å². The summed E-state index contributed by atoms with van der Waals surface area (Å²) in [4.78, 5) is 13.7. The van der Waals surface area contributed by atoms with Gasteiger partial charge in [-0.25, -0.2) is 0 Å². The Hall–Kier alpha value is -0.610. The highest BCUT2D eigenvalue weighted by Crippen LogP contribution is 2.09. The Labute approximate surface area is 79.5 Å². The summed E-state index contributed by atoms with van der Waals surface area (Å²) in [5.74, 6) is 0.0431. The lowest BCUT2D eigenvalue weighted by molar-refractivity contribution is -0.138. The Morgan fingerprint density at radius 2 is 2.23 bits per heavy atom. The molecule has 0 spiro atoms. The number of carbonyl (C=O) groups excluding carboxylic acids is 1. The average molecular weight is 185 g/mol. The van der Waals surface area contributed by atoms with Gasteiger partial charge in [-0.3, -0.25) is 4.79 Å². The van der Waals surface area contributed by atoms with Gasteiger partial charge in [-0.2, -0.15) is 0 Å². The predicted octanol–water partition coefficient (Wildman–Crippen LogP) is -0.456. The molecule has 0 aromatic heterocycles. The molecule has 1 saturated heterocycles. The van der Waals surface area contributed by atoms with Gasteiger partial charge >= 0.3 is 0 Å². The lowest BCUT2D eigenvalue weighted by Gasteiger charge is -2.37. The zero-order chi connectivity index (χ0) is 10.1. The molecular weight excluding hydrogens is 166 g/mol. The van der Waals surface area contributed by atoms with Crippen LogP contribution in [0.2, 0.25) is 0 Å². The molecule has 3 N–H and O–H groups in total. The van der Waals surface area contributed by atoms with Gasteiger partial charge in [0.15, 0.2) is 0 Å². The molecule has 0 saturated carbocycles. The van der Waals surface area contributed by atoms with Gasteiger partial charge in [-0.05, 0) is 20.8 Å². The van der Waals surface area contributed by atoms with Crippen LogP contribution >= 0.6 is 0 Å². The van der Waals surface area contributed by atoms with Crippen LogP contribution in [0.15, 0.2) is 0 Å². The Kier molecular flexibility index (Phi) is 2.93. The van der Waals surface area contributed by atoms with Crippen molar-refractivity contribution in [3.05, 3.63) is 0 Å². The second-order valence-electron chi connectivity index (χ2n) is 4.27. The van der Waals surface area contributed by atoms with Crippen LogP contribution in [0.1, 0.15) is 20.8 Å². The van der Waals surface area contributed by atoms with Crippen LogP contribution in [-0.4, -0.2) is 42.0 Å². The van der Waals surface area contributed by atoms with Crippen molar-refractivity contribution in [1.29, 1.82) is 0 Å². The van der Waals surface area contributed by atoms with E-state index in [-0.39, 0.29) is 11.9 Å². The Bertz CT molecular complexity index is 198. The molecule has 13 heavy (non-hydrogen) atoms. The maximum Gasteiger partial charge on any atom is 0.242 e. The van der Waals surface area contributed by atoms with Crippen LogP contribution < -0.4 is 11.1 Å². The normalized spacial score (nSPS) is 24.6. The van der Waals surface area contributed by atoms with E-state index in [1.54, 1.807) is 13.8 Å². The molecule has 1 aliphatic rings. The minimum Gasteiger partial charge on any atom is -0.336 e. The molecule has 4 nitrogen and oxygen atoms in total. The quantitative estimate of drug-likeness (QED) is 0.581. The van der Waals surface area contributed by atoms with Crippen molar-refractivity contribution in [1.82, 2.24) is 10.2 Å². The highest BCUT2D eigenvalue weighted by molar-refractivity contribution is 5.85. The highest BCUT2D eigenvalue weighted by atomic mass is 16.2. The van der Waals surface area contributed by atoms with Crippen molar-refractivity contribution in [2.75, 3.05) is 19.6 Å². The molecule has 76 valence electrons. The zero-order valence-electron chi connectivity index (χ0n) is 8.63. The summed E-state index contributed by atoms with van der Waals surface area (Å²) in [5.41, 5.74) is 5.02. The first-order chi connectivity index (χ1) is 5.93. The van der Waals surface area contributed by atoms with E-state index in [1.165, 1.54) is 0 Å². The minimum absolute atomic E-state index is 0.0431. The predicted molar refractivity (Wildman–Crippen MR) is 52.3 cm³/mol. The molecule has 0 bridgehead atoms. The van der Waals surface area contributed by atoms with E-state index in [0.29, 0.717) is 0 Å². The van der Waals surface area contributed by atoms with Crippen LogP contribution in [0.5, 0.6) is 0 Å². The zero-order valence-corrected chi connectivity index (χ0v) is 8.63. The van der Waals surface area contributed by atoms with E-state index < -0.39 is 5.54 Å². The third-order valence-corrected chi connectivity index (χ3v) is 2.31. The summed E-state index contributed by atoms with van der Waals surface area (Å²) in [7, 11) is 0. The molecule has 0 aromatic carbocycles. The van der Waals surface area contributed by atoms with E-state index in [2.05, 4.69) is 5.32 Å². The molecule has 0 aliphatic carbocycles. The molecule has 1 fully saturated rings. The molecule has 0 unspecified atom stereocenters. The van der Waals surface area contributed by atoms with Gasteiger partial charge in [-0.1, -0.05) is 0 Å². The van der Waals surface area contributed by atoms with Crippen molar-refractivity contribution in [2.45, 2.75) is 32.4 Å². The van der Waals surface area contributed by atoms with Gasteiger partial charge < -0.3 is 16.0 Å². The monoisotopic (exact) mass is 185 g/mol. The lowest BCUT2D eigenvalue weighted by Crippen LogP contribution is -2.59. The minimum atomic E-state index is -0.744. The van der Waals surface area contributed by atoms with Crippen LogP contribution in [-0.2, 0) is 4.79 Å². The number of piperazine rings is 1. The molecule has 1 aliphatic heterocycles. The molecule has 1 rings (SSSR count). The van der Waals surface area contributed by atoms with Crippen molar-refractivity contribution in [3.8, 4) is 0 Å². The number of nitrogens with zero attached hydrogens (tertiary/aromatic N) is 1. The van der Waals surface area contributed by atoms with Gasteiger partial charge in [0, 0.05) is 25.7 Å². The van der Waals surface area contributed by atoms with Crippen molar-refractivity contribution >= 4 is 5.91 Å². The number of hydrogen-bond donors (Lipinski definition) is 2. The molecular formula is C9H19N3O. The SMILES string of the molecule is C[C@@H]1CNCCN1C(=O)C(C)(C)N. The first kappa shape index (κ1) is 10.5. The van der Waals surface area contributed by atoms with Crippen molar-refractivity contribution in [3.63, 3.8) is 0 Å². The van der Waals surface area contributed by atoms with Gasteiger partial charge in [0.2, 0.25) is 5.91 Å². The van der Waals surface area contributed by atoms with E-state index in [0.717, 1.165) is 19.6 Å². The lowest BCUT2D eigenvalue weighted by atomic mass is 10.0. The number of rotatable bonds is 1. The molecule has 0 radical (unpaired) electrons. The van der Waals surface area contributed by atoms with Crippen LogP contribution in [0.25, 0.3) is 0 Å². The first-order valence-electron chi connectivity index (χ1n) is 4.73. The Balaban J connectivity index is 2.64. The largest absolute Gasteiger partial charge is 0.336 e. The third kappa shape index (κ3) is 2.42. The summed E-state index contributed by atoms with van der Waals surface area (Å²) in [6.45, 7) is 8.04. The number of nitrogens with two attached hydrogens (primary N) is 1. The molecule has 1 atom stereocenters. The molecule has 0 aromatic rings. The average Bonchev–Trinajstić information content (AvgIpc) is 2.02. The summed E-state index contributed by atoms with van der Waals surface area (Å²) >= 11 is 0. The molecule has 1 amide bonds. The summed E-state index contributed by atoms with van der Waals surface area (Å²) in [5, 5.41) is 3.24. The second kappa shape index (κ2) is 3.64. The van der Waals surface area contributed by atoms with Gasteiger partial charge in [0.1, 0.15) is 0 Å². The fourth-order valence-electron chi connectivity index (χ4n) is 1.51. The number of nitrogens with one attached hydrogen (secondary N) is 1. The maximum absolute atomic E-state index is 11.8. The highest BCUT2D eigenvalue weighted by Gasteiger charge is 2.31. The third-order valence-electron chi connectivity index (χ3n) is 2.31.